The molecule has 1 heterocycles. The van der Waals surface area contributed by atoms with Crippen molar-refractivity contribution in [2.24, 2.45) is 5.41 Å². The molecule has 5 heteroatoms. The Morgan fingerprint density at radius 3 is 2.87 bits per heavy atom. The van der Waals surface area contributed by atoms with Gasteiger partial charge in [0.15, 0.2) is 0 Å². The van der Waals surface area contributed by atoms with Crippen molar-refractivity contribution in [3.8, 4) is 6.07 Å². The van der Waals surface area contributed by atoms with Crippen molar-refractivity contribution in [2.75, 3.05) is 6.54 Å². The first-order valence-corrected chi connectivity index (χ1v) is 8.28. The standard InChI is InChI=1S/C18H22N4O/c1-14-21-15-7-2-3-8-16(15)22(14)12-6-11-20-17(23)18(13-19)9-4-5-10-18/h2-3,7-8H,4-6,9-12H2,1H3,(H,20,23). The second kappa shape index (κ2) is 6.41. The summed E-state index contributed by atoms with van der Waals surface area (Å²) in [6, 6.07) is 10.3. The second-order valence-electron chi connectivity index (χ2n) is 6.31. The summed E-state index contributed by atoms with van der Waals surface area (Å²) in [6.07, 6.45) is 4.16. The number of nitrogens with zero attached hydrogens (tertiary/aromatic N) is 3. The molecule has 120 valence electrons. The number of hydrogen-bond acceptors (Lipinski definition) is 3. The second-order valence-corrected chi connectivity index (χ2v) is 6.31. The van der Waals surface area contributed by atoms with Gasteiger partial charge in [0.25, 0.3) is 0 Å². The third kappa shape index (κ3) is 2.94. The van der Waals surface area contributed by atoms with E-state index >= 15 is 0 Å². The summed E-state index contributed by atoms with van der Waals surface area (Å²) in [4.78, 5) is 16.8. The lowest BCUT2D eigenvalue weighted by atomic mass is 9.87. The van der Waals surface area contributed by atoms with Gasteiger partial charge in [0, 0.05) is 13.1 Å². The zero-order valence-electron chi connectivity index (χ0n) is 13.5. The Kier molecular flexibility index (Phi) is 4.33. The van der Waals surface area contributed by atoms with Crippen LogP contribution in [0.2, 0.25) is 0 Å². The Morgan fingerprint density at radius 2 is 2.13 bits per heavy atom. The Bertz CT molecular complexity index is 750. The van der Waals surface area contributed by atoms with E-state index in [0.29, 0.717) is 19.4 Å². The van der Waals surface area contributed by atoms with Gasteiger partial charge >= 0.3 is 0 Å². The van der Waals surface area contributed by atoms with Crippen molar-refractivity contribution in [3.63, 3.8) is 0 Å². The van der Waals surface area contributed by atoms with Crippen molar-refractivity contribution in [2.45, 2.75) is 45.6 Å². The van der Waals surface area contributed by atoms with Crippen LogP contribution in [0.15, 0.2) is 24.3 Å². The van der Waals surface area contributed by atoms with Crippen LogP contribution in [0.5, 0.6) is 0 Å². The van der Waals surface area contributed by atoms with E-state index in [2.05, 4.69) is 27.0 Å². The van der Waals surface area contributed by atoms with Gasteiger partial charge in [-0.3, -0.25) is 4.79 Å². The fourth-order valence-corrected chi connectivity index (χ4v) is 3.45. The first-order chi connectivity index (χ1) is 11.2. The summed E-state index contributed by atoms with van der Waals surface area (Å²) < 4.78 is 2.18. The predicted octanol–water partition coefficient (Wildman–Crippen LogP) is 2.94. The largest absolute Gasteiger partial charge is 0.355 e. The number of aromatic nitrogens is 2. The maximum Gasteiger partial charge on any atom is 0.240 e. The van der Waals surface area contributed by atoms with Gasteiger partial charge in [0.1, 0.15) is 11.2 Å². The van der Waals surface area contributed by atoms with E-state index in [-0.39, 0.29) is 5.91 Å². The van der Waals surface area contributed by atoms with Crippen molar-refractivity contribution in [3.05, 3.63) is 30.1 Å². The number of carbonyl (C=O) groups is 1. The molecule has 1 N–H and O–H groups in total. The van der Waals surface area contributed by atoms with E-state index in [4.69, 9.17) is 0 Å². The number of amides is 1. The van der Waals surface area contributed by atoms with Gasteiger partial charge < -0.3 is 9.88 Å². The molecule has 0 atom stereocenters. The number of rotatable bonds is 5. The van der Waals surface area contributed by atoms with Crippen LogP contribution in [-0.4, -0.2) is 22.0 Å². The highest BCUT2D eigenvalue weighted by atomic mass is 16.2. The van der Waals surface area contributed by atoms with Crippen molar-refractivity contribution < 1.29 is 4.79 Å². The number of nitriles is 1. The third-order valence-corrected chi connectivity index (χ3v) is 4.80. The molecule has 0 aliphatic heterocycles. The summed E-state index contributed by atoms with van der Waals surface area (Å²) in [7, 11) is 0. The Hall–Kier alpha value is -2.35. The number of benzene rings is 1. The number of imidazole rings is 1. The van der Waals surface area contributed by atoms with E-state index in [9.17, 15) is 10.1 Å². The summed E-state index contributed by atoms with van der Waals surface area (Å²) in [5.41, 5.74) is 1.35. The Morgan fingerprint density at radius 1 is 1.39 bits per heavy atom. The minimum absolute atomic E-state index is 0.0929. The first-order valence-electron chi connectivity index (χ1n) is 8.28. The number of nitrogens with one attached hydrogen (secondary N) is 1. The van der Waals surface area contributed by atoms with Gasteiger partial charge in [-0.25, -0.2) is 4.98 Å². The lowest BCUT2D eigenvalue weighted by Gasteiger charge is -2.19. The normalized spacial score (nSPS) is 16.3. The molecule has 0 radical (unpaired) electrons. The fraction of sp³-hybridized carbons (Fsp3) is 0.500. The molecule has 1 aliphatic rings. The zero-order chi connectivity index (χ0) is 16.3. The number of para-hydroxylation sites is 2. The van der Waals surface area contributed by atoms with Crippen molar-refractivity contribution >= 4 is 16.9 Å². The van der Waals surface area contributed by atoms with Crippen LogP contribution in [0.3, 0.4) is 0 Å². The Balaban J connectivity index is 1.56. The SMILES string of the molecule is Cc1nc2ccccc2n1CCCNC(=O)C1(C#N)CCCC1. The average Bonchev–Trinajstić information content (AvgIpc) is 3.16. The topological polar surface area (TPSA) is 70.7 Å². The monoisotopic (exact) mass is 310 g/mol. The van der Waals surface area contributed by atoms with Crippen LogP contribution in [0.25, 0.3) is 11.0 Å². The quantitative estimate of drug-likeness (QED) is 0.863. The van der Waals surface area contributed by atoms with E-state index in [1.54, 1.807) is 0 Å². The number of hydrogen-bond donors (Lipinski definition) is 1. The summed E-state index contributed by atoms with van der Waals surface area (Å²) in [5, 5.41) is 12.3. The minimum atomic E-state index is -0.780. The molecular formula is C18H22N4O. The van der Waals surface area contributed by atoms with E-state index in [1.807, 2.05) is 25.1 Å². The van der Waals surface area contributed by atoms with Crippen molar-refractivity contribution in [1.82, 2.24) is 14.9 Å². The molecule has 1 fully saturated rings. The molecule has 0 spiro atoms. The van der Waals surface area contributed by atoms with Gasteiger partial charge in [0.2, 0.25) is 5.91 Å². The van der Waals surface area contributed by atoms with Crippen LogP contribution >= 0.6 is 0 Å². The maximum atomic E-state index is 12.3. The molecule has 3 rings (SSSR count). The maximum absolute atomic E-state index is 12.3. The van der Waals surface area contributed by atoms with Crippen LogP contribution in [0.4, 0.5) is 0 Å². The predicted molar refractivity (Wildman–Crippen MR) is 88.6 cm³/mol. The molecular weight excluding hydrogens is 288 g/mol. The third-order valence-electron chi connectivity index (χ3n) is 4.80. The van der Waals surface area contributed by atoms with Gasteiger partial charge in [-0.15, -0.1) is 0 Å². The first kappa shape index (κ1) is 15.5. The molecule has 23 heavy (non-hydrogen) atoms. The van der Waals surface area contributed by atoms with Gasteiger partial charge in [-0.1, -0.05) is 25.0 Å². The molecule has 2 aromatic rings. The summed E-state index contributed by atoms with van der Waals surface area (Å²) in [6.45, 7) is 3.40. The highest BCUT2D eigenvalue weighted by Gasteiger charge is 2.41. The molecule has 0 saturated heterocycles. The number of fused-ring (bicyclic) bond motifs is 1. The molecule has 0 unspecified atom stereocenters. The highest BCUT2D eigenvalue weighted by Crippen LogP contribution is 2.37. The molecule has 1 saturated carbocycles. The highest BCUT2D eigenvalue weighted by molar-refractivity contribution is 5.85. The lowest BCUT2D eigenvalue weighted by molar-refractivity contribution is -0.127. The number of aryl methyl sites for hydroxylation is 2. The van der Waals surface area contributed by atoms with Gasteiger partial charge in [0.05, 0.1) is 17.1 Å². The smallest absolute Gasteiger partial charge is 0.240 e. The molecule has 0 bridgehead atoms. The molecule has 1 aliphatic carbocycles. The summed E-state index contributed by atoms with van der Waals surface area (Å²) in [5.74, 6) is 0.895. The van der Waals surface area contributed by atoms with Crippen LogP contribution in [0, 0.1) is 23.7 Å². The molecule has 1 amide bonds. The van der Waals surface area contributed by atoms with Crippen LogP contribution in [0.1, 0.15) is 37.9 Å². The fourth-order valence-electron chi connectivity index (χ4n) is 3.45. The average molecular weight is 310 g/mol. The van der Waals surface area contributed by atoms with Crippen LogP contribution < -0.4 is 5.32 Å². The van der Waals surface area contributed by atoms with Crippen molar-refractivity contribution in [1.29, 1.82) is 5.26 Å². The molecule has 1 aromatic carbocycles. The zero-order valence-corrected chi connectivity index (χ0v) is 13.5. The number of carbonyl (C=O) groups excluding carboxylic acids is 1. The van der Waals surface area contributed by atoms with Gasteiger partial charge in [-0.05, 0) is 38.3 Å². The molecule has 5 nitrogen and oxygen atoms in total. The lowest BCUT2D eigenvalue weighted by Crippen LogP contribution is -2.38. The van der Waals surface area contributed by atoms with Crippen LogP contribution in [-0.2, 0) is 11.3 Å². The van der Waals surface area contributed by atoms with E-state index in [0.717, 1.165) is 42.7 Å². The van der Waals surface area contributed by atoms with Gasteiger partial charge in [-0.2, -0.15) is 5.26 Å². The summed E-state index contributed by atoms with van der Waals surface area (Å²) >= 11 is 0. The Labute approximate surface area is 136 Å². The van der Waals surface area contributed by atoms with E-state index in [1.165, 1.54) is 0 Å². The molecule has 1 aromatic heterocycles. The van der Waals surface area contributed by atoms with E-state index < -0.39 is 5.41 Å². The minimum Gasteiger partial charge on any atom is -0.355 e.